The molecule has 1 atom stereocenters. The highest BCUT2D eigenvalue weighted by molar-refractivity contribution is 6.81. The second kappa shape index (κ2) is 8.75. The van der Waals surface area contributed by atoms with Gasteiger partial charge in [-0.1, -0.05) is 81.1 Å². The summed E-state index contributed by atoms with van der Waals surface area (Å²) in [6, 6.07) is 22.6. The lowest BCUT2D eigenvalue weighted by Crippen LogP contribution is -2.39. The van der Waals surface area contributed by atoms with Crippen LogP contribution in [0.3, 0.4) is 0 Å². The van der Waals surface area contributed by atoms with Gasteiger partial charge in [-0.15, -0.1) is 0 Å². The maximum atomic E-state index is 5.32. The fourth-order valence-electron chi connectivity index (χ4n) is 3.43. The van der Waals surface area contributed by atoms with E-state index >= 15 is 0 Å². The van der Waals surface area contributed by atoms with Crippen molar-refractivity contribution in [3.63, 3.8) is 0 Å². The SMILES string of the molecule is CC[Si](CC)(CC)C(C#Cc1ccccc1)c1ccc(OC)cc1. The molecule has 24 heavy (non-hydrogen) atoms. The lowest BCUT2D eigenvalue weighted by atomic mass is 10.1. The van der Waals surface area contributed by atoms with E-state index in [4.69, 9.17) is 4.74 Å². The van der Waals surface area contributed by atoms with Gasteiger partial charge < -0.3 is 4.74 Å². The molecule has 2 heteroatoms. The minimum Gasteiger partial charge on any atom is -0.497 e. The average molecular weight is 337 g/mol. The summed E-state index contributed by atoms with van der Waals surface area (Å²) in [5, 5.41) is 0. The van der Waals surface area contributed by atoms with E-state index in [0.29, 0.717) is 5.54 Å². The van der Waals surface area contributed by atoms with Crippen LogP contribution in [0.4, 0.5) is 0 Å². The molecule has 2 aromatic rings. The van der Waals surface area contributed by atoms with Crippen LogP contribution in [0.1, 0.15) is 37.4 Å². The largest absolute Gasteiger partial charge is 0.497 e. The van der Waals surface area contributed by atoms with Crippen LogP contribution in [0, 0.1) is 11.8 Å². The van der Waals surface area contributed by atoms with Crippen LogP contribution in [-0.4, -0.2) is 15.2 Å². The Morgan fingerprint density at radius 3 is 1.96 bits per heavy atom. The average Bonchev–Trinajstić information content (AvgIpc) is 2.66. The van der Waals surface area contributed by atoms with E-state index in [1.165, 1.54) is 23.7 Å². The van der Waals surface area contributed by atoms with Gasteiger partial charge in [-0.25, -0.2) is 0 Å². The van der Waals surface area contributed by atoms with E-state index in [9.17, 15) is 0 Å². The third kappa shape index (κ3) is 4.10. The van der Waals surface area contributed by atoms with Crippen molar-refractivity contribution in [2.24, 2.45) is 0 Å². The van der Waals surface area contributed by atoms with Crippen molar-refractivity contribution in [2.45, 2.75) is 44.4 Å². The number of ether oxygens (including phenoxy) is 1. The Labute approximate surface area is 148 Å². The van der Waals surface area contributed by atoms with Gasteiger partial charge in [-0.2, -0.15) is 0 Å². The molecule has 0 spiro atoms. The number of benzene rings is 2. The zero-order chi connectivity index (χ0) is 17.4. The maximum absolute atomic E-state index is 5.32. The van der Waals surface area contributed by atoms with E-state index in [-0.39, 0.29) is 0 Å². The van der Waals surface area contributed by atoms with Crippen molar-refractivity contribution in [2.75, 3.05) is 7.11 Å². The first-order valence-electron chi connectivity index (χ1n) is 8.89. The predicted molar refractivity (Wildman–Crippen MR) is 106 cm³/mol. The highest BCUT2D eigenvalue weighted by Gasteiger charge is 2.36. The first-order chi connectivity index (χ1) is 11.7. The summed E-state index contributed by atoms with van der Waals surface area (Å²) in [5.74, 6) is 8.00. The van der Waals surface area contributed by atoms with Gasteiger partial charge in [-0.3, -0.25) is 0 Å². The summed E-state index contributed by atoms with van der Waals surface area (Å²) in [4.78, 5) is 0. The van der Waals surface area contributed by atoms with E-state index in [0.717, 1.165) is 11.3 Å². The van der Waals surface area contributed by atoms with Gasteiger partial charge in [0.25, 0.3) is 0 Å². The van der Waals surface area contributed by atoms with Crippen LogP contribution in [0.5, 0.6) is 5.75 Å². The summed E-state index contributed by atoms with van der Waals surface area (Å²) >= 11 is 0. The third-order valence-corrected chi connectivity index (χ3v) is 11.2. The molecule has 0 N–H and O–H groups in total. The van der Waals surface area contributed by atoms with Gasteiger partial charge in [0.1, 0.15) is 5.75 Å². The molecule has 0 amide bonds. The number of hydrogen-bond donors (Lipinski definition) is 0. The Morgan fingerprint density at radius 2 is 1.46 bits per heavy atom. The monoisotopic (exact) mass is 336 g/mol. The Kier molecular flexibility index (Phi) is 6.70. The summed E-state index contributed by atoms with van der Waals surface area (Å²) in [6.07, 6.45) is 0. The van der Waals surface area contributed by atoms with Crippen LogP contribution in [0.25, 0.3) is 0 Å². The standard InChI is InChI=1S/C22H28OSi/c1-5-24(6-2,7-3)22(18-13-19-11-9-8-10-12-19)20-14-16-21(23-4)17-15-20/h8-12,14-17,22H,5-7H2,1-4H3. The highest BCUT2D eigenvalue weighted by atomic mass is 28.3. The number of rotatable bonds is 6. The molecule has 1 unspecified atom stereocenters. The van der Waals surface area contributed by atoms with Crippen molar-refractivity contribution in [3.05, 3.63) is 65.7 Å². The molecular weight excluding hydrogens is 308 g/mol. The van der Waals surface area contributed by atoms with Crippen LogP contribution in [0.15, 0.2) is 54.6 Å². The zero-order valence-electron chi connectivity index (χ0n) is 15.3. The summed E-state index contributed by atoms with van der Waals surface area (Å²) in [7, 11) is 0.230. The topological polar surface area (TPSA) is 9.23 Å². The lowest BCUT2D eigenvalue weighted by Gasteiger charge is -2.34. The van der Waals surface area contributed by atoms with Gasteiger partial charge in [-0.05, 0) is 29.8 Å². The van der Waals surface area contributed by atoms with E-state index in [2.05, 4.69) is 81.1 Å². The molecule has 0 radical (unpaired) electrons. The number of hydrogen-bond acceptors (Lipinski definition) is 1. The molecule has 2 aromatic carbocycles. The van der Waals surface area contributed by atoms with Crippen molar-refractivity contribution in [3.8, 4) is 17.6 Å². The lowest BCUT2D eigenvalue weighted by molar-refractivity contribution is 0.414. The van der Waals surface area contributed by atoms with Crippen molar-refractivity contribution < 1.29 is 4.74 Å². The first kappa shape index (κ1) is 18.4. The Morgan fingerprint density at radius 1 is 0.875 bits per heavy atom. The van der Waals surface area contributed by atoms with Gasteiger partial charge in [0.2, 0.25) is 0 Å². The molecule has 0 heterocycles. The quantitative estimate of drug-likeness (QED) is 0.473. The molecule has 0 bridgehead atoms. The smallest absolute Gasteiger partial charge is 0.118 e. The fourth-order valence-corrected chi connectivity index (χ4v) is 7.43. The van der Waals surface area contributed by atoms with Crippen LogP contribution in [0.2, 0.25) is 18.1 Å². The second-order valence-electron chi connectivity index (χ2n) is 6.26. The Balaban J connectivity index is 2.46. The van der Waals surface area contributed by atoms with E-state index < -0.39 is 8.07 Å². The van der Waals surface area contributed by atoms with Crippen LogP contribution >= 0.6 is 0 Å². The van der Waals surface area contributed by atoms with Gasteiger partial charge >= 0.3 is 0 Å². The molecule has 0 aromatic heterocycles. The molecule has 0 fully saturated rings. The zero-order valence-corrected chi connectivity index (χ0v) is 16.3. The molecule has 0 aliphatic heterocycles. The molecule has 0 aliphatic rings. The van der Waals surface area contributed by atoms with Crippen molar-refractivity contribution >= 4 is 8.07 Å². The van der Waals surface area contributed by atoms with Crippen LogP contribution < -0.4 is 4.74 Å². The predicted octanol–water partition coefficient (Wildman–Crippen LogP) is 5.88. The molecule has 0 aliphatic carbocycles. The van der Waals surface area contributed by atoms with E-state index in [1.54, 1.807) is 7.11 Å². The van der Waals surface area contributed by atoms with E-state index in [1.807, 2.05) is 6.07 Å². The summed E-state index contributed by atoms with van der Waals surface area (Å²) < 4.78 is 5.32. The van der Waals surface area contributed by atoms with Crippen molar-refractivity contribution in [1.82, 2.24) is 0 Å². The highest BCUT2D eigenvalue weighted by Crippen LogP contribution is 2.36. The Hall–Kier alpha value is -1.98. The minimum atomic E-state index is -1.48. The molecule has 126 valence electrons. The molecular formula is C22H28OSi. The minimum absolute atomic E-state index is 0.364. The Bertz CT molecular complexity index is 667. The first-order valence-corrected chi connectivity index (χ1v) is 11.6. The number of methoxy groups -OCH3 is 1. The van der Waals surface area contributed by atoms with Gasteiger partial charge in [0.15, 0.2) is 0 Å². The normalized spacial score (nSPS) is 12.2. The van der Waals surface area contributed by atoms with Crippen LogP contribution in [-0.2, 0) is 0 Å². The fraction of sp³-hybridized carbons (Fsp3) is 0.364. The molecule has 0 saturated carbocycles. The summed E-state index contributed by atoms with van der Waals surface area (Å²) in [6.45, 7) is 7.04. The molecule has 1 nitrogen and oxygen atoms in total. The van der Waals surface area contributed by atoms with Gasteiger partial charge in [0.05, 0.1) is 15.2 Å². The van der Waals surface area contributed by atoms with Gasteiger partial charge in [0, 0.05) is 11.1 Å². The van der Waals surface area contributed by atoms with Crippen molar-refractivity contribution in [1.29, 1.82) is 0 Å². The summed E-state index contributed by atoms with van der Waals surface area (Å²) in [5.41, 5.74) is 2.81. The molecule has 0 saturated heterocycles. The third-order valence-electron chi connectivity index (χ3n) is 5.31. The maximum Gasteiger partial charge on any atom is 0.118 e. The molecule has 2 rings (SSSR count). The second-order valence-corrected chi connectivity index (χ2v) is 11.7.